The molecule has 3 nitrogen and oxygen atoms in total. The fourth-order valence-corrected chi connectivity index (χ4v) is 3.19. The number of H-pyrrole nitrogens is 1. The molecule has 0 saturated heterocycles. The summed E-state index contributed by atoms with van der Waals surface area (Å²) in [7, 11) is 0. The number of rotatable bonds is 4. The highest BCUT2D eigenvalue weighted by atomic mass is 16.1. The van der Waals surface area contributed by atoms with Crippen LogP contribution in [0.5, 0.6) is 0 Å². The first kappa shape index (κ1) is 16.0. The van der Waals surface area contributed by atoms with Gasteiger partial charge in [0.25, 0.3) is 0 Å². The minimum absolute atomic E-state index is 0.221. The largest absolute Gasteiger partial charge is 0.357 e. The van der Waals surface area contributed by atoms with Crippen LogP contribution in [0.2, 0.25) is 0 Å². The van der Waals surface area contributed by atoms with Gasteiger partial charge in [0.2, 0.25) is 5.43 Å². The average molecular weight is 339 g/mol. The van der Waals surface area contributed by atoms with E-state index in [-0.39, 0.29) is 16.8 Å². The second-order valence-electron chi connectivity index (χ2n) is 6.21. The van der Waals surface area contributed by atoms with Gasteiger partial charge >= 0.3 is 0 Å². The molecule has 0 aliphatic carbocycles. The molecule has 0 amide bonds. The normalized spacial score (nSPS) is 10.8. The summed E-state index contributed by atoms with van der Waals surface area (Å²) in [6, 6.07) is 26.1. The number of pyridine rings is 1. The van der Waals surface area contributed by atoms with E-state index < -0.39 is 0 Å². The maximum atomic E-state index is 13.1. The Morgan fingerprint density at radius 3 is 2.12 bits per heavy atom. The van der Waals surface area contributed by atoms with Crippen molar-refractivity contribution in [3.8, 4) is 0 Å². The van der Waals surface area contributed by atoms with Crippen LogP contribution < -0.4 is 5.43 Å². The summed E-state index contributed by atoms with van der Waals surface area (Å²) in [4.78, 5) is 29.5. The van der Waals surface area contributed by atoms with Gasteiger partial charge in [-0.2, -0.15) is 0 Å². The lowest BCUT2D eigenvalue weighted by molar-refractivity contribution is 0.103. The van der Waals surface area contributed by atoms with E-state index in [0.717, 1.165) is 11.1 Å². The molecule has 26 heavy (non-hydrogen) atoms. The van der Waals surface area contributed by atoms with Gasteiger partial charge in [-0.25, -0.2) is 0 Å². The van der Waals surface area contributed by atoms with Crippen LogP contribution in [0, 0.1) is 0 Å². The number of para-hydroxylation sites is 1. The summed E-state index contributed by atoms with van der Waals surface area (Å²) in [6.07, 6.45) is 0.495. The van der Waals surface area contributed by atoms with Crippen LogP contribution in [0.3, 0.4) is 0 Å². The van der Waals surface area contributed by atoms with Gasteiger partial charge in [0.15, 0.2) is 5.78 Å². The molecule has 4 rings (SSSR count). The van der Waals surface area contributed by atoms with Crippen molar-refractivity contribution in [3.05, 3.63) is 118 Å². The van der Waals surface area contributed by atoms with Crippen molar-refractivity contribution in [1.82, 2.24) is 4.98 Å². The van der Waals surface area contributed by atoms with Gasteiger partial charge in [-0.3, -0.25) is 9.59 Å². The molecule has 0 radical (unpaired) electrons. The molecule has 3 aromatic carbocycles. The van der Waals surface area contributed by atoms with E-state index in [9.17, 15) is 9.59 Å². The Kier molecular flexibility index (Phi) is 4.20. The molecular weight excluding hydrogens is 322 g/mol. The van der Waals surface area contributed by atoms with Crippen molar-refractivity contribution in [3.63, 3.8) is 0 Å². The van der Waals surface area contributed by atoms with Crippen molar-refractivity contribution < 1.29 is 4.79 Å². The summed E-state index contributed by atoms with van der Waals surface area (Å²) in [5.74, 6) is -0.247. The molecule has 0 unspecified atom stereocenters. The summed E-state index contributed by atoms with van der Waals surface area (Å²) in [5, 5.41) is 0.531. The second-order valence-corrected chi connectivity index (χ2v) is 6.21. The molecule has 1 heterocycles. The topological polar surface area (TPSA) is 49.9 Å². The van der Waals surface area contributed by atoms with Crippen molar-refractivity contribution in [2.45, 2.75) is 6.42 Å². The predicted molar refractivity (Wildman–Crippen MR) is 104 cm³/mol. The molecule has 1 N–H and O–H groups in total. The van der Waals surface area contributed by atoms with Gasteiger partial charge in [-0.15, -0.1) is 0 Å². The third-order valence-corrected chi connectivity index (χ3v) is 4.47. The second kappa shape index (κ2) is 6.81. The maximum Gasteiger partial charge on any atom is 0.200 e. The van der Waals surface area contributed by atoms with Gasteiger partial charge < -0.3 is 4.98 Å². The highest BCUT2D eigenvalue weighted by Gasteiger charge is 2.20. The Morgan fingerprint density at radius 1 is 0.769 bits per heavy atom. The standard InChI is InChI=1S/C23H17NO2/c25-22(17-11-5-2-6-12-17)21-20(15-16-9-3-1-4-10-16)24-19-14-8-7-13-18(19)23(21)26/h1-14H,15H2,(H,24,26). The highest BCUT2D eigenvalue weighted by Crippen LogP contribution is 2.18. The minimum atomic E-state index is -0.247. The van der Waals surface area contributed by atoms with Crippen LogP contribution >= 0.6 is 0 Å². The maximum absolute atomic E-state index is 13.1. The zero-order chi connectivity index (χ0) is 17.9. The van der Waals surface area contributed by atoms with Crippen LogP contribution in [0.15, 0.2) is 89.7 Å². The van der Waals surface area contributed by atoms with E-state index in [0.29, 0.717) is 23.1 Å². The Labute approximate surface area is 150 Å². The molecule has 4 aromatic rings. The number of hydrogen-bond acceptors (Lipinski definition) is 2. The number of hydrogen-bond donors (Lipinski definition) is 1. The van der Waals surface area contributed by atoms with Crippen LogP contribution in [0.1, 0.15) is 27.2 Å². The van der Waals surface area contributed by atoms with Crippen LogP contribution in [0.4, 0.5) is 0 Å². The lowest BCUT2D eigenvalue weighted by atomic mass is 9.96. The predicted octanol–water partition coefficient (Wildman–Crippen LogP) is 4.35. The van der Waals surface area contributed by atoms with E-state index in [1.54, 1.807) is 30.3 Å². The fourth-order valence-electron chi connectivity index (χ4n) is 3.19. The van der Waals surface area contributed by atoms with Gasteiger partial charge in [-0.05, 0) is 17.7 Å². The molecule has 0 saturated carbocycles. The first-order chi connectivity index (χ1) is 12.7. The fraction of sp³-hybridized carbons (Fsp3) is 0.0435. The van der Waals surface area contributed by atoms with Crippen molar-refractivity contribution in [1.29, 1.82) is 0 Å². The zero-order valence-corrected chi connectivity index (χ0v) is 14.1. The molecular formula is C23H17NO2. The molecule has 0 atom stereocenters. The third kappa shape index (κ3) is 2.95. The third-order valence-electron chi connectivity index (χ3n) is 4.47. The minimum Gasteiger partial charge on any atom is -0.357 e. The summed E-state index contributed by atoms with van der Waals surface area (Å²) < 4.78 is 0. The lowest BCUT2D eigenvalue weighted by Crippen LogP contribution is -2.21. The monoisotopic (exact) mass is 339 g/mol. The van der Waals surface area contributed by atoms with E-state index in [2.05, 4.69) is 4.98 Å². The van der Waals surface area contributed by atoms with Crippen LogP contribution in [-0.4, -0.2) is 10.8 Å². The highest BCUT2D eigenvalue weighted by molar-refractivity contribution is 6.11. The number of fused-ring (bicyclic) bond motifs is 1. The molecule has 0 spiro atoms. The number of nitrogens with one attached hydrogen (secondary N) is 1. The first-order valence-corrected chi connectivity index (χ1v) is 8.51. The van der Waals surface area contributed by atoms with Crippen molar-refractivity contribution in [2.24, 2.45) is 0 Å². The van der Waals surface area contributed by atoms with Gasteiger partial charge in [0, 0.05) is 28.6 Å². The van der Waals surface area contributed by atoms with E-state index in [1.807, 2.05) is 54.6 Å². The van der Waals surface area contributed by atoms with Crippen molar-refractivity contribution in [2.75, 3.05) is 0 Å². The molecule has 1 aromatic heterocycles. The Bertz CT molecular complexity index is 1130. The molecule has 0 bridgehead atoms. The smallest absolute Gasteiger partial charge is 0.200 e. The Balaban J connectivity index is 1.94. The van der Waals surface area contributed by atoms with Crippen LogP contribution in [-0.2, 0) is 6.42 Å². The SMILES string of the molecule is O=C(c1ccccc1)c1c(Cc2ccccc2)[nH]c2ccccc2c1=O. The number of ketones is 1. The Hall–Kier alpha value is -3.46. The quantitative estimate of drug-likeness (QED) is 0.562. The number of carbonyl (C=O) groups excluding carboxylic acids is 1. The molecule has 0 aliphatic rings. The number of aromatic nitrogens is 1. The van der Waals surface area contributed by atoms with Crippen molar-refractivity contribution >= 4 is 16.7 Å². The molecule has 0 aliphatic heterocycles. The number of benzene rings is 3. The molecule has 126 valence electrons. The number of carbonyl (C=O) groups is 1. The summed E-state index contributed by atoms with van der Waals surface area (Å²) in [5.41, 5.74) is 2.95. The number of aromatic amines is 1. The van der Waals surface area contributed by atoms with E-state index in [1.165, 1.54) is 0 Å². The molecule has 3 heteroatoms. The summed E-state index contributed by atoms with van der Waals surface area (Å²) in [6.45, 7) is 0. The van der Waals surface area contributed by atoms with E-state index in [4.69, 9.17) is 0 Å². The first-order valence-electron chi connectivity index (χ1n) is 8.51. The zero-order valence-electron chi connectivity index (χ0n) is 14.1. The Morgan fingerprint density at radius 2 is 1.38 bits per heavy atom. The van der Waals surface area contributed by atoms with Gasteiger partial charge in [-0.1, -0.05) is 72.8 Å². The lowest BCUT2D eigenvalue weighted by Gasteiger charge is -2.11. The van der Waals surface area contributed by atoms with E-state index >= 15 is 0 Å². The average Bonchev–Trinajstić information content (AvgIpc) is 2.69. The van der Waals surface area contributed by atoms with Gasteiger partial charge in [0.1, 0.15) is 0 Å². The van der Waals surface area contributed by atoms with Gasteiger partial charge in [0.05, 0.1) is 5.56 Å². The molecule has 0 fully saturated rings. The van der Waals surface area contributed by atoms with Crippen LogP contribution in [0.25, 0.3) is 10.9 Å². The summed E-state index contributed by atoms with van der Waals surface area (Å²) >= 11 is 0.